The van der Waals surface area contributed by atoms with Crippen molar-refractivity contribution in [1.82, 2.24) is 9.80 Å². The third-order valence-electron chi connectivity index (χ3n) is 4.39. The van der Waals surface area contributed by atoms with Crippen molar-refractivity contribution < 1.29 is 9.18 Å². The average molecular weight is 383 g/mol. The van der Waals surface area contributed by atoms with Gasteiger partial charge in [-0.1, -0.05) is 35.9 Å². The molecule has 0 aromatic heterocycles. The molecule has 0 unspecified atom stereocenters. The maximum Gasteiger partial charge on any atom is 0.256 e. The van der Waals surface area contributed by atoms with E-state index >= 15 is 0 Å². The van der Waals surface area contributed by atoms with E-state index in [9.17, 15) is 9.18 Å². The highest BCUT2D eigenvalue weighted by Crippen LogP contribution is 2.14. The summed E-state index contributed by atoms with van der Waals surface area (Å²) >= 11 is 5.89. The second-order valence-corrected chi connectivity index (χ2v) is 6.43. The predicted octanol–water partition coefficient (Wildman–Crippen LogP) is 3.90. The van der Waals surface area contributed by atoms with Crippen LogP contribution in [0.3, 0.4) is 0 Å². The van der Waals surface area contributed by atoms with Gasteiger partial charge in [0.25, 0.3) is 5.91 Å². The Balaban J connectivity index is 0.00000225. The molecule has 1 amide bonds. The summed E-state index contributed by atoms with van der Waals surface area (Å²) in [6, 6.07) is 14.1. The summed E-state index contributed by atoms with van der Waals surface area (Å²) in [4.78, 5) is 16.5. The first-order valence-corrected chi connectivity index (χ1v) is 8.52. The van der Waals surface area contributed by atoms with Crippen molar-refractivity contribution in [2.24, 2.45) is 0 Å². The fourth-order valence-electron chi connectivity index (χ4n) is 2.92. The highest BCUT2D eigenvalue weighted by atomic mass is 35.5. The number of nitrogens with zero attached hydrogens (tertiary/aromatic N) is 2. The Hall–Kier alpha value is -1.62. The van der Waals surface area contributed by atoms with Gasteiger partial charge in [-0.25, -0.2) is 4.39 Å². The number of hydrogen-bond acceptors (Lipinski definition) is 2. The van der Waals surface area contributed by atoms with E-state index in [1.54, 1.807) is 23.1 Å². The van der Waals surface area contributed by atoms with Gasteiger partial charge in [-0.15, -0.1) is 12.4 Å². The molecule has 134 valence electrons. The number of carbonyl (C=O) groups is 1. The Bertz CT molecular complexity index is 701. The molecule has 6 heteroatoms. The topological polar surface area (TPSA) is 23.6 Å². The molecule has 1 saturated heterocycles. The van der Waals surface area contributed by atoms with Gasteiger partial charge >= 0.3 is 0 Å². The van der Waals surface area contributed by atoms with E-state index < -0.39 is 5.82 Å². The Labute approximate surface area is 158 Å². The van der Waals surface area contributed by atoms with Gasteiger partial charge in [0.1, 0.15) is 5.82 Å². The summed E-state index contributed by atoms with van der Waals surface area (Å²) in [5.41, 5.74) is 1.41. The van der Waals surface area contributed by atoms with Crippen LogP contribution >= 0.6 is 24.0 Å². The largest absolute Gasteiger partial charge is 0.336 e. The zero-order valence-electron chi connectivity index (χ0n) is 13.8. The molecule has 0 bridgehead atoms. The first-order valence-electron chi connectivity index (χ1n) is 8.14. The second-order valence-electron chi connectivity index (χ2n) is 5.99. The van der Waals surface area contributed by atoms with Crippen molar-refractivity contribution in [1.29, 1.82) is 0 Å². The van der Waals surface area contributed by atoms with Crippen LogP contribution in [-0.2, 0) is 6.42 Å². The van der Waals surface area contributed by atoms with Gasteiger partial charge in [0, 0.05) is 37.7 Å². The van der Waals surface area contributed by atoms with E-state index in [-0.39, 0.29) is 23.9 Å². The molecule has 0 radical (unpaired) electrons. The standard InChI is InChI=1S/C19H20ClFN2O.ClH/c20-16-7-5-15(6-8-16)9-10-22-11-13-23(14-12-22)19(24)17-3-1-2-4-18(17)21;/h1-8H,9-14H2;1H. The molecule has 1 aliphatic heterocycles. The van der Waals surface area contributed by atoms with Gasteiger partial charge < -0.3 is 4.90 Å². The van der Waals surface area contributed by atoms with Gasteiger partial charge in [-0.2, -0.15) is 0 Å². The van der Waals surface area contributed by atoms with Crippen molar-refractivity contribution >= 4 is 29.9 Å². The molecule has 2 aromatic rings. The van der Waals surface area contributed by atoms with Crippen LogP contribution in [0.5, 0.6) is 0 Å². The quantitative estimate of drug-likeness (QED) is 0.800. The van der Waals surface area contributed by atoms with E-state index in [2.05, 4.69) is 4.90 Å². The van der Waals surface area contributed by atoms with E-state index in [0.717, 1.165) is 31.1 Å². The van der Waals surface area contributed by atoms with Gasteiger partial charge in [0.15, 0.2) is 0 Å². The Morgan fingerprint density at radius 2 is 1.64 bits per heavy atom. The van der Waals surface area contributed by atoms with Crippen LogP contribution in [0.1, 0.15) is 15.9 Å². The van der Waals surface area contributed by atoms with Crippen LogP contribution in [0.25, 0.3) is 0 Å². The number of piperazine rings is 1. The molecular formula is C19H21Cl2FN2O. The number of hydrogen-bond donors (Lipinski definition) is 0. The monoisotopic (exact) mass is 382 g/mol. The van der Waals surface area contributed by atoms with E-state index in [1.165, 1.54) is 11.6 Å². The number of rotatable bonds is 4. The van der Waals surface area contributed by atoms with Crippen LogP contribution in [-0.4, -0.2) is 48.4 Å². The lowest BCUT2D eigenvalue weighted by Crippen LogP contribution is -2.49. The first-order chi connectivity index (χ1) is 11.6. The maximum atomic E-state index is 13.7. The smallest absolute Gasteiger partial charge is 0.256 e. The predicted molar refractivity (Wildman–Crippen MR) is 101 cm³/mol. The summed E-state index contributed by atoms with van der Waals surface area (Å²) in [7, 11) is 0. The lowest BCUT2D eigenvalue weighted by Gasteiger charge is -2.34. The van der Waals surface area contributed by atoms with Crippen molar-refractivity contribution in [3.05, 3.63) is 70.5 Å². The Morgan fingerprint density at radius 3 is 2.28 bits per heavy atom. The molecule has 2 aromatic carbocycles. The molecule has 0 aliphatic carbocycles. The number of carbonyl (C=O) groups excluding carboxylic acids is 1. The highest BCUT2D eigenvalue weighted by molar-refractivity contribution is 6.30. The van der Waals surface area contributed by atoms with Gasteiger partial charge in [0.2, 0.25) is 0 Å². The minimum absolute atomic E-state index is 0. The molecule has 1 heterocycles. The average Bonchev–Trinajstić information content (AvgIpc) is 2.61. The van der Waals surface area contributed by atoms with E-state index in [4.69, 9.17) is 11.6 Å². The second kappa shape index (κ2) is 9.18. The number of halogens is 3. The summed E-state index contributed by atoms with van der Waals surface area (Å²) < 4.78 is 13.7. The zero-order valence-corrected chi connectivity index (χ0v) is 15.4. The van der Waals surface area contributed by atoms with Crippen molar-refractivity contribution in [3.63, 3.8) is 0 Å². The van der Waals surface area contributed by atoms with Crippen molar-refractivity contribution in [3.8, 4) is 0 Å². The molecule has 0 atom stereocenters. The Morgan fingerprint density at radius 1 is 1.00 bits per heavy atom. The minimum Gasteiger partial charge on any atom is -0.336 e. The van der Waals surface area contributed by atoms with Crippen molar-refractivity contribution in [2.75, 3.05) is 32.7 Å². The molecule has 25 heavy (non-hydrogen) atoms. The molecular weight excluding hydrogens is 362 g/mol. The Kier molecular flexibility index (Phi) is 7.24. The summed E-state index contributed by atoms with van der Waals surface area (Å²) in [5, 5.41) is 0.749. The van der Waals surface area contributed by atoms with Gasteiger partial charge in [-0.3, -0.25) is 9.69 Å². The summed E-state index contributed by atoms with van der Waals surface area (Å²) in [5.74, 6) is -0.668. The summed E-state index contributed by atoms with van der Waals surface area (Å²) in [6.07, 6.45) is 0.957. The lowest BCUT2D eigenvalue weighted by molar-refractivity contribution is 0.0634. The van der Waals surface area contributed by atoms with Gasteiger partial charge in [0.05, 0.1) is 5.56 Å². The highest BCUT2D eigenvalue weighted by Gasteiger charge is 2.23. The number of amides is 1. The van der Waals surface area contributed by atoms with Crippen LogP contribution in [0.15, 0.2) is 48.5 Å². The lowest BCUT2D eigenvalue weighted by atomic mass is 10.1. The van der Waals surface area contributed by atoms with Gasteiger partial charge in [-0.05, 0) is 36.2 Å². The van der Waals surface area contributed by atoms with Crippen LogP contribution < -0.4 is 0 Å². The fraction of sp³-hybridized carbons (Fsp3) is 0.316. The normalized spacial score (nSPS) is 14.9. The molecule has 3 rings (SSSR count). The SMILES string of the molecule is Cl.O=C(c1ccccc1F)N1CCN(CCc2ccc(Cl)cc2)CC1. The van der Waals surface area contributed by atoms with E-state index in [0.29, 0.717) is 13.1 Å². The minimum atomic E-state index is -0.451. The maximum absolute atomic E-state index is 13.7. The third-order valence-corrected chi connectivity index (χ3v) is 4.65. The molecule has 3 nitrogen and oxygen atoms in total. The first kappa shape index (κ1) is 19.7. The van der Waals surface area contributed by atoms with Crippen LogP contribution in [0, 0.1) is 5.82 Å². The van der Waals surface area contributed by atoms with E-state index in [1.807, 2.05) is 24.3 Å². The number of benzene rings is 2. The molecule has 0 spiro atoms. The van der Waals surface area contributed by atoms with Crippen molar-refractivity contribution in [2.45, 2.75) is 6.42 Å². The molecule has 1 fully saturated rings. The summed E-state index contributed by atoms with van der Waals surface area (Å²) in [6.45, 7) is 3.84. The zero-order chi connectivity index (χ0) is 16.9. The third kappa shape index (κ3) is 5.18. The van der Waals surface area contributed by atoms with Crippen LogP contribution in [0.4, 0.5) is 4.39 Å². The molecule has 1 aliphatic rings. The molecule has 0 saturated carbocycles. The molecule has 0 N–H and O–H groups in total. The fourth-order valence-corrected chi connectivity index (χ4v) is 3.04. The van der Waals surface area contributed by atoms with Crippen LogP contribution in [0.2, 0.25) is 5.02 Å².